The molecular weight excluding hydrogens is 189 g/mol. The summed E-state index contributed by atoms with van der Waals surface area (Å²) in [5.74, 6) is -0.716. The summed E-state index contributed by atoms with van der Waals surface area (Å²) < 4.78 is 16.8. The molecule has 0 saturated heterocycles. The number of aromatic nitrogens is 1. The van der Waals surface area contributed by atoms with Gasteiger partial charge in [-0.15, -0.1) is 0 Å². The normalized spacial score (nSPS) is 9.79. The van der Waals surface area contributed by atoms with Gasteiger partial charge in [0.15, 0.2) is 0 Å². The smallest absolute Gasteiger partial charge is 0.337 e. The average molecular weight is 199 g/mol. The second kappa shape index (κ2) is 5.16. The summed E-state index contributed by atoms with van der Waals surface area (Å²) in [6.45, 7) is -0.229. The Morgan fingerprint density at radius 2 is 2.36 bits per heavy atom. The van der Waals surface area contributed by atoms with E-state index in [1.54, 1.807) is 0 Å². The minimum absolute atomic E-state index is 0.0581. The predicted octanol–water partition coefficient (Wildman–Crippen LogP) is 1.52. The summed E-state index contributed by atoms with van der Waals surface area (Å²) in [4.78, 5) is 14.2. The number of pyridine rings is 1. The fraction of sp³-hybridized carbons (Fsp3) is 0.333. The van der Waals surface area contributed by atoms with Gasteiger partial charge in [-0.2, -0.15) is 0 Å². The molecule has 76 valence electrons. The van der Waals surface area contributed by atoms with Crippen LogP contribution < -0.4 is 4.74 Å². The highest BCUT2D eigenvalue weighted by atomic mass is 19.1. The lowest BCUT2D eigenvalue weighted by atomic mass is 10.3. The maximum Gasteiger partial charge on any atom is 0.337 e. The Morgan fingerprint density at radius 3 is 3.00 bits per heavy atom. The molecule has 0 fully saturated rings. The Bertz CT molecular complexity index is 317. The number of halogens is 1. The van der Waals surface area contributed by atoms with E-state index in [1.807, 2.05) is 0 Å². The topological polar surface area (TPSA) is 59.4 Å². The lowest BCUT2D eigenvalue weighted by Crippen LogP contribution is -2.01. The van der Waals surface area contributed by atoms with Crippen molar-refractivity contribution in [3.8, 4) is 5.75 Å². The fourth-order valence-electron chi connectivity index (χ4n) is 0.859. The highest BCUT2D eigenvalue weighted by molar-refractivity contribution is 5.87. The van der Waals surface area contributed by atoms with Crippen molar-refractivity contribution >= 4 is 5.97 Å². The van der Waals surface area contributed by atoms with E-state index in [1.165, 1.54) is 18.5 Å². The number of rotatable bonds is 5. The fourth-order valence-corrected chi connectivity index (χ4v) is 0.859. The first-order valence-electron chi connectivity index (χ1n) is 4.11. The highest BCUT2D eigenvalue weighted by Gasteiger charge is 2.04. The van der Waals surface area contributed by atoms with Gasteiger partial charge >= 0.3 is 5.97 Å². The molecule has 0 amide bonds. The minimum atomic E-state index is -1.06. The van der Waals surface area contributed by atoms with Gasteiger partial charge in [0.05, 0.1) is 25.0 Å². The van der Waals surface area contributed by atoms with Crippen molar-refractivity contribution < 1.29 is 19.0 Å². The van der Waals surface area contributed by atoms with Gasteiger partial charge in [0.25, 0.3) is 0 Å². The van der Waals surface area contributed by atoms with Crippen molar-refractivity contribution in [2.24, 2.45) is 0 Å². The minimum Gasteiger partial charge on any atom is -0.492 e. The SMILES string of the molecule is O=C(O)c1cncc(OCCCF)c1. The van der Waals surface area contributed by atoms with Gasteiger partial charge in [-0.05, 0) is 6.07 Å². The summed E-state index contributed by atoms with van der Waals surface area (Å²) >= 11 is 0. The van der Waals surface area contributed by atoms with E-state index in [4.69, 9.17) is 9.84 Å². The van der Waals surface area contributed by atoms with Crippen molar-refractivity contribution in [3.05, 3.63) is 24.0 Å². The Hall–Kier alpha value is -1.65. The molecule has 1 aromatic rings. The Kier molecular flexibility index (Phi) is 3.84. The lowest BCUT2D eigenvalue weighted by Gasteiger charge is -2.04. The van der Waals surface area contributed by atoms with Gasteiger partial charge in [0.2, 0.25) is 0 Å². The zero-order valence-electron chi connectivity index (χ0n) is 7.44. The van der Waals surface area contributed by atoms with Crippen LogP contribution in [0.25, 0.3) is 0 Å². The number of carboxylic acid groups (broad SMARTS) is 1. The van der Waals surface area contributed by atoms with Crippen LogP contribution in [0.3, 0.4) is 0 Å². The molecule has 5 heteroatoms. The number of ether oxygens (including phenoxy) is 1. The maximum absolute atomic E-state index is 11.7. The van der Waals surface area contributed by atoms with Crippen molar-refractivity contribution in [1.29, 1.82) is 0 Å². The van der Waals surface area contributed by atoms with Crippen molar-refractivity contribution in [2.45, 2.75) is 6.42 Å². The Balaban J connectivity index is 2.59. The van der Waals surface area contributed by atoms with Crippen LogP contribution in [0.5, 0.6) is 5.75 Å². The number of carboxylic acids is 1. The molecule has 4 nitrogen and oxygen atoms in total. The van der Waals surface area contributed by atoms with Crippen LogP contribution in [0.1, 0.15) is 16.8 Å². The van der Waals surface area contributed by atoms with Crippen LogP contribution in [0, 0.1) is 0 Å². The van der Waals surface area contributed by atoms with Crippen LogP contribution in [-0.2, 0) is 0 Å². The van der Waals surface area contributed by atoms with E-state index in [0.29, 0.717) is 5.75 Å². The van der Waals surface area contributed by atoms with Crippen molar-refractivity contribution in [3.63, 3.8) is 0 Å². The van der Waals surface area contributed by atoms with Gasteiger partial charge in [-0.3, -0.25) is 9.37 Å². The van der Waals surface area contributed by atoms with Gasteiger partial charge in [0.1, 0.15) is 5.75 Å². The molecular formula is C9H10FNO3. The largest absolute Gasteiger partial charge is 0.492 e. The Morgan fingerprint density at radius 1 is 1.57 bits per heavy atom. The standard InChI is InChI=1S/C9H10FNO3/c10-2-1-3-14-8-4-7(9(12)13)5-11-6-8/h4-6H,1-3H2,(H,12,13). The second-order valence-electron chi connectivity index (χ2n) is 2.61. The third kappa shape index (κ3) is 3.01. The molecule has 1 heterocycles. The zero-order chi connectivity index (χ0) is 10.4. The first kappa shape index (κ1) is 10.4. The molecule has 0 aliphatic heterocycles. The highest BCUT2D eigenvalue weighted by Crippen LogP contribution is 2.11. The molecule has 0 aromatic carbocycles. The molecule has 0 atom stereocenters. The summed E-state index contributed by atoms with van der Waals surface area (Å²) in [6, 6.07) is 1.35. The summed E-state index contributed by atoms with van der Waals surface area (Å²) in [6.07, 6.45) is 2.91. The quantitative estimate of drug-likeness (QED) is 0.730. The number of aromatic carboxylic acids is 1. The molecule has 0 spiro atoms. The molecule has 0 saturated carbocycles. The average Bonchev–Trinajstić information content (AvgIpc) is 2.19. The third-order valence-corrected chi connectivity index (χ3v) is 1.51. The van der Waals surface area contributed by atoms with Crippen LogP contribution >= 0.6 is 0 Å². The summed E-state index contributed by atoms with van der Waals surface area (Å²) in [5, 5.41) is 8.63. The van der Waals surface area contributed by atoms with Crippen molar-refractivity contribution in [1.82, 2.24) is 4.98 Å². The van der Waals surface area contributed by atoms with Gasteiger partial charge in [0, 0.05) is 12.6 Å². The number of hydrogen-bond donors (Lipinski definition) is 1. The molecule has 0 unspecified atom stereocenters. The van der Waals surface area contributed by atoms with Crippen LogP contribution in [-0.4, -0.2) is 29.3 Å². The molecule has 1 aromatic heterocycles. The van der Waals surface area contributed by atoms with E-state index in [0.717, 1.165) is 0 Å². The van der Waals surface area contributed by atoms with Crippen LogP contribution in [0.15, 0.2) is 18.5 Å². The van der Waals surface area contributed by atoms with Crippen LogP contribution in [0.2, 0.25) is 0 Å². The summed E-state index contributed by atoms with van der Waals surface area (Å²) in [7, 11) is 0. The monoisotopic (exact) mass is 199 g/mol. The third-order valence-electron chi connectivity index (χ3n) is 1.51. The molecule has 1 rings (SSSR count). The second-order valence-corrected chi connectivity index (χ2v) is 2.61. The van der Waals surface area contributed by atoms with Gasteiger partial charge < -0.3 is 9.84 Å². The number of nitrogens with zero attached hydrogens (tertiary/aromatic N) is 1. The van der Waals surface area contributed by atoms with E-state index >= 15 is 0 Å². The first-order chi connectivity index (χ1) is 6.74. The van der Waals surface area contributed by atoms with E-state index < -0.39 is 12.6 Å². The number of hydrogen-bond acceptors (Lipinski definition) is 3. The molecule has 14 heavy (non-hydrogen) atoms. The van der Waals surface area contributed by atoms with Crippen LogP contribution in [0.4, 0.5) is 4.39 Å². The number of carbonyl (C=O) groups is 1. The molecule has 0 aliphatic rings. The molecule has 1 N–H and O–H groups in total. The lowest BCUT2D eigenvalue weighted by molar-refractivity contribution is 0.0696. The maximum atomic E-state index is 11.7. The molecule has 0 radical (unpaired) electrons. The van der Waals surface area contributed by atoms with Gasteiger partial charge in [-0.25, -0.2) is 4.79 Å². The molecule has 0 bridgehead atoms. The number of alkyl halides is 1. The summed E-state index contributed by atoms with van der Waals surface area (Å²) in [5.41, 5.74) is 0.0581. The van der Waals surface area contributed by atoms with Crippen molar-refractivity contribution in [2.75, 3.05) is 13.3 Å². The van der Waals surface area contributed by atoms with E-state index in [-0.39, 0.29) is 18.6 Å². The van der Waals surface area contributed by atoms with Gasteiger partial charge in [-0.1, -0.05) is 0 Å². The van der Waals surface area contributed by atoms with E-state index in [9.17, 15) is 9.18 Å². The zero-order valence-corrected chi connectivity index (χ0v) is 7.44. The predicted molar refractivity (Wildman–Crippen MR) is 47.3 cm³/mol. The first-order valence-corrected chi connectivity index (χ1v) is 4.11. The Labute approximate surface area is 80.3 Å². The molecule has 0 aliphatic carbocycles. The van der Waals surface area contributed by atoms with E-state index in [2.05, 4.69) is 4.98 Å².